The van der Waals surface area contributed by atoms with Gasteiger partial charge in [0.2, 0.25) is 0 Å². The molecule has 1 aliphatic rings. The van der Waals surface area contributed by atoms with Gasteiger partial charge >= 0.3 is 12.0 Å². The van der Waals surface area contributed by atoms with Gasteiger partial charge in [0.05, 0.1) is 42.8 Å². The van der Waals surface area contributed by atoms with Crippen molar-refractivity contribution < 1.29 is 19.1 Å². The standard InChI is InChI=1S/C19H17N7O4/c20-8-12-2-1-3-13(6-12)16-9-21-18(30-16)17(27)24-14-7-15(25(10-14)19(28)29)11-26-22-4-5-23-26/h1-6,9,14-15H,7,10-11H2,(H,24,27)(H,28,29)/t14?,15-/m1/s1. The van der Waals surface area contributed by atoms with Crippen molar-refractivity contribution >= 4 is 12.0 Å². The second kappa shape index (κ2) is 8.04. The molecular weight excluding hydrogens is 390 g/mol. The number of aromatic nitrogens is 4. The number of rotatable bonds is 5. The number of amides is 2. The normalized spacial score (nSPS) is 18.2. The number of hydrogen-bond acceptors (Lipinski definition) is 7. The minimum Gasteiger partial charge on any atom is -0.465 e. The lowest BCUT2D eigenvalue weighted by Gasteiger charge is -2.20. The molecule has 11 heteroatoms. The van der Waals surface area contributed by atoms with E-state index in [1.807, 2.05) is 6.07 Å². The van der Waals surface area contributed by atoms with Crippen LogP contribution in [0.5, 0.6) is 0 Å². The van der Waals surface area contributed by atoms with E-state index < -0.39 is 18.0 Å². The Hall–Kier alpha value is -4.20. The number of likely N-dealkylation sites (tertiary alicyclic amines) is 1. The molecule has 1 fully saturated rings. The van der Waals surface area contributed by atoms with E-state index in [9.17, 15) is 14.7 Å². The molecular formula is C19H17N7O4. The maximum atomic E-state index is 12.6. The van der Waals surface area contributed by atoms with Crippen LogP contribution in [-0.4, -0.2) is 60.6 Å². The van der Waals surface area contributed by atoms with Crippen molar-refractivity contribution in [1.29, 1.82) is 5.26 Å². The summed E-state index contributed by atoms with van der Waals surface area (Å²) in [7, 11) is 0. The van der Waals surface area contributed by atoms with Crippen molar-refractivity contribution in [3.8, 4) is 17.4 Å². The Morgan fingerprint density at radius 2 is 2.13 bits per heavy atom. The number of benzene rings is 1. The number of hydrogen-bond donors (Lipinski definition) is 2. The fraction of sp³-hybridized carbons (Fsp3) is 0.263. The van der Waals surface area contributed by atoms with Crippen molar-refractivity contribution in [2.75, 3.05) is 6.54 Å². The van der Waals surface area contributed by atoms with E-state index in [4.69, 9.17) is 9.68 Å². The van der Waals surface area contributed by atoms with Crippen molar-refractivity contribution in [2.45, 2.75) is 25.0 Å². The van der Waals surface area contributed by atoms with Crippen LogP contribution in [0.25, 0.3) is 11.3 Å². The first-order valence-electron chi connectivity index (χ1n) is 9.14. The monoisotopic (exact) mass is 407 g/mol. The average Bonchev–Trinajstić information content (AvgIpc) is 3.49. The van der Waals surface area contributed by atoms with Crippen LogP contribution < -0.4 is 5.32 Å². The lowest BCUT2D eigenvalue weighted by molar-refractivity contribution is 0.0901. The van der Waals surface area contributed by atoms with Crippen LogP contribution in [0.4, 0.5) is 4.79 Å². The fourth-order valence-corrected chi connectivity index (χ4v) is 3.46. The van der Waals surface area contributed by atoms with Gasteiger partial charge in [-0.05, 0) is 18.6 Å². The maximum Gasteiger partial charge on any atom is 0.407 e. The third-order valence-corrected chi connectivity index (χ3v) is 4.81. The molecule has 1 aromatic carbocycles. The van der Waals surface area contributed by atoms with E-state index in [-0.39, 0.29) is 18.5 Å². The molecule has 0 spiro atoms. The van der Waals surface area contributed by atoms with E-state index in [0.717, 1.165) is 0 Å². The topological polar surface area (TPSA) is 150 Å². The quantitative estimate of drug-likeness (QED) is 0.643. The summed E-state index contributed by atoms with van der Waals surface area (Å²) < 4.78 is 5.54. The maximum absolute atomic E-state index is 12.6. The molecule has 1 aliphatic heterocycles. The zero-order valence-electron chi connectivity index (χ0n) is 15.7. The van der Waals surface area contributed by atoms with Gasteiger partial charge in [0.25, 0.3) is 5.89 Å². The third-order valence-electron chi connectivity index (χ3n) is 4.81. The van der Waals surface area contributed by atoms with Gasteiger partial charge < -0.3 is 19.7 Å². The van der Waals surface area contributed by atoms with Crippen molar-refractivity contribution in [3.63, 3.8) is 0 Å². The summed E-state index contributed by atoms with van der Waals surface area (Å²) in [6.07, 6.45) is 3.80. The second-order valence-electron chi connectivity index (χ2n) is 6.80. The summed E-state index contributed by atoms with van der Waals surface area (Å²) in [6, 6.07) is 8.04. The van der Waals surface area contributed by atoms with E-state index in [1.165, 1.54) is 28.3 Å². The van der Waals surface area contributed by atoms with Crippen molar-refractivity contribution in [3.05, 3.63) is 54.3 Å². The molecule has 1 unspecified atom stereocenters. The number of nitrogens with one attached hydrogen (secondary N) is 1. The number of oxazole rings is 1. The Morgan fingerprint density at radius 3 is 2.87 bits per heavy atom. The molecule has 3 heterocycles. The molecule has 11 nitrogen and oxygen atoms in total. The average molecular weight is 407 g/mol. The summed E-state index contributed by atoms with van der Waals surface area (Å²) in [6.45, 7) is 0.439. The molecule has 152 valence electrons. The van der Waals surface area contributed by atoms with Gasteiger partial charge in [0.15, 0.2) is 5.76 Å². The van der Waals surface area contributed by atoms with Crippen LogP contribution in [0, 0.1) is 11.3 Å². The first-order chi connectivity index (χ1) is 14.5. The number of carbonyl (C=O) groups excluding carboxylic acids is 1. The summed E-state index contributed by atoms with van der Waals surface area (Å²) in [4.78, 5) is 30.8. The van der Waals surface area contributed by atoms with E-state index in [2.05, 4.69) is 20.5 Å². The molecule has 0 radical (unpaired) electrons. The first-order valence-corrected chi connectivity index (χ1v) is 9.14. The smallest absolute Gasteiger partial charge is 0.407 e. The van der Waals surface area contributed by atoms with Gasteiger partial charge in [-0.15, -0.1) is 0 Å². The third kappa shape index (κ3) is 3.97. The molecule has 2 atom stereocenters. The van der Waals surface area contributed by atoms with Crippen molar-refractivity contribution in [1.82, 2.24) is 30.2 Å². The highest BCUT2D eigenvalue weighted by atomic mass is 16.4. The van der Waals surface area contributed by atoms with Gasteiger partial charge in [-0.25, -0.2) is 9.78 Å². The van der Waals surface area contributed by atoms with Crippen LogP contribution in [-0.2, 0) is 6.54 Å². The first kappa shape index (κ1) is 19.1. The molecule has 4 rings (SSSR count). The lowest BCUT2D eigenvalue weighted by atomic mass is 10.1. The zero-order chi connectivity index (χ0) is 21.1. The van der Waals surface area contributed by atoms with Gasteiger partial charge in [0.1, 0.15) is 0 Å². The van der Waals surface area contributed by atoms with Crippen LogP contribution in [0.3, 0.4) is 0 Å². The van der Waals surface area contributed by atoms with Crippen LogP contribution >= 0.6 is 0 Å². The molecule has 3 aromatic rings. The fourth-order valence-electron chi connectivity index (χ4n) is 3.46. The van der Waals surface area contributed by atoms with Crippen LogP contribution in [0.2, 0.25) is 0 Å². The number of nitriles is 1. The number of carbonyl (C=O) groups is 2. The van der Waals surface area contributed by atoms with Crippen molar-refractivity contribution in [2.24, 2.45) is 0 Å². The summed E-state index contributed by atoms with van der Waals surface area (Å²) in [5.41, 5.74) is 1.10. The molecule has 2 amide bonds. The molecule has 0 bridgehead atoms. The Labute approximate surface area is 170 Å². The van der Waals surface area contributed by atoms with Gasteiger partial charge in [-0.2, -0.15) is 20.3 Å². The Bertz CT molecular complexity index is 1100. The number of nitrogens with zero attached hydrogens (tertiary/aromatic N) is 6. The summed E-state index contributed by atoms with van der Waals surface area (Å²) in [5, 5.41) is 29.3. The molecule has 0 aliphatic carbocycles. The SMILES string of the molecule is N#Cc1cccc(-c2cnc(C(=O)NC3C[C@H](Cn4nccn4)N(C(=O)O)C3)o2)c1. The summed E-state index contributed by atoms with van der Waals surface area (Å²) >= 11 is 0. The van der Waals surface area contributed by atoms with Crippen LogP contribution in [0.1, 0.15) is 22.7 Å². The second-order valence-corrected chi connectivity index (χ2v) is 6.80. The van der Waals surface area contributed by atoms with E-state index in [0.29, 0.717) is 29.9 Å². The van der Waals surface area contributed by atoms with E-state index >= 15 is 0 Å². The Balaban J connectivity index is 1.43. The molecule has 2 aromatic heterocycles. The highest BCUT2D eigenvalue weighted by Crippen LogP contribution is 2.23. The highest BCUT2D eigenvalue weighted by Gasteiger charge is 2.37. The predicted molar refractivity (Wildman–Crippen MR) is 101 cm³/mol. The largest absolute Gasteiger partial charge is 0.465 e. The highest BCUT2D eigenvalue weighted by molar-refractivity contribution is 5.90. The summed E-state index contributed by atoms with van der Waals surface area (Å²) in [5.74, 6) is -0.309. The Morgan fingerprint density at radius 1 is 1.33 bits per heavy atom. The zero-order valence-corrected chi connectivity index (χ0v) is 15.7. The van der Waals surface area contributed by atoms with E-state index in [1.54, 1.807) is 24.3 Å². The Kier molecular flexibility index (Phi) is 5.13. The predicted octanol–water partition coefficient (Wildman–Crippen LogP) is 1.36. The molecule has 30 heavy (non-hydrogen) atoms. The van der Waals surface area contributed by atoms with Gasteiger partial charge in [-0.1, -0.05) is 12.1 Å². The number of carboxylic acid groups (broad SMARTS) is 1. The molecule has 2 N–H and O–H groups in total. The molecule has 1 saturated heterocycles. The molecule has 0 saturated carbocycles. The van der Waals surface area contributed by atoms with Gasteiger partial charge in [0, 0.05) is 18.2 Å². The lowest BCUT2D eigenvalue weighted by Crippen LogP contribution is -2.39. The van der Waals surface area contributed by atoms with Gasteiger partial charge in [-0.3, -0.25) is 4.79 Å². The minimum atomic E-state index is -1.07. The van der Waals surface area contributed by atoms with Crippen LogP contribution in [0.15, 0.2) is 47.3 Å². The minimum absolute atomic E-state index is 0.133.